The predicted molar refractivity (Wildman–Crippen MR) is 101 cm³/mol. The number of carbonyl (C=O) groups is 1. The molecule has 0 spiro atoms. The summed E-state index contributed by atoms with van der Waals surface area (Å²) in [5.74, 6) is 0.693. The van der Waals surface area contributed by atoms with Crippen molar-refractivity contribution < 1.29 is 4.79 Å². The van der Waals surface area contributed by atoms with Crippen molar-refractivity contribution in [2.75, 3.05) is 5.88 Å². The van der Waals surface area contributed by atoms with Gasteiger partial charge in [0.1, 0.15) is 8.96 Å². The Morgan fingerprint density at radius 3 is 2.30 bits per heavy atom. The predicted octanol–water partition coefficient (Wildman–Crippen LogP) is 4.77. The minimum absolute atomic E-state index is 0.128. The van der Waals surface area contributed by atoms with Crippen LogP contribution in [0, 0.1) is 10.8 Å². The van der Waals surface area contributed by atoms with E-state index < -0.39 is 14.4 Å². The average molecular weight is 350 g/mol. The molecule has 2 nitrogen and oxygen atoms in total. The van der Waals surface area contributed by atoms with Gasteiger partial charge in [-0.1, -0.05) is 76.3 Å². The Labute approximate surface area is 147 Å². The molecular formula is C19H28ClNOSi. The van der Waals surface area contributed by atoms with Crippen molar-refractivity contribution in [3.05, 3.63) is 48.0 Å². The molecule has 1 fully saturated rings. The van der Waals surface area contributed by atoms with E-state index in [9.17, 15) is 4.79 Å². The third-order valence-corrected chi connectivity index (χ3v) is 7.11. The van der Waals surface area contributed by atoms with Gasteiger partial charge in [-0.3, -0.25) is 4.79 Å². The molecule has 1 aliphatic heterocycles. The van der Waals surface area contributed by atoms with Gasteiger partial charge in [-0.15, -0.1) is 11.6 Å². The third-order valence-electron chi connectivity index (χ3n) is 5.09. The van der Waals surface area contributed by atoms with Crippen molar-refractivity contribution in [2.45, 2.75) is 46.3 Å². The lowest BCUT2D eigenvalue weighted by Gasteiger charge is -2.64. The summed E-state index contributed by atoms with van der Waals surface area (Å²) in [4.78, 5) is 13.3. The van der Waals surface area contributed by atoms with Crippen molar-refractivity contribution >= 4 is 26.5 Å². The van der Waals surface area contributed by atoms with Crippen LogP contribution in [0.25, 0.3) is 0 Å². The number of carbonyl (C=O) groups excluding carboxylic acids is 1. The van der Waals surface area contributed by atoms with Crippen LogP contribution in [0.4, 0.5) is 0 Å². The van der Waals surface area contributed by atoms with E-state index in [1.165, 1.54) is 5.56 Å². The fraction of sp³-hybridized carbons (Fsp3) is 0.526. The molecule has 1 amide bonds. The van der Waals surface area contributed by atoms with Crippen molar-refractivity contribution in [1.82, 2.24) is 4.57 Å². The maximum absolute atomic E-state index is 13.3. The Kier molecular flexibility index (Phi) is 5.12. The fourth-order valence-corrected chi connectivity index (χ4v) is 5.68. The molecule has 0 saturated carbocycles. The van der Waals surface area contributed by atoms with E-state index in [0.29, 0.717) is 12.3 Å². The van der Waals surface area contributed by atoms with Gasteiger partial charge in [-0.25, -0.2) is 0 Å². The number of benzene rings is 1. The summed E-state index contributed by atoms with van der Waals surface area (Å²) < 4.78 is 2.15. The highest BCUT2D eigenvalue weighted by Gasteiger charge is 2.66. The average Bonchev–Trinajstić information content (AvgIpc) is 2.48. The number of allylic oxidation sites excluding steroid dienone is 1. The zero-order valence-corrected chi connectivity index (χ0v) is 16.8. The Morgan fingerprint density at radius 2 is 1.87 bits per heavy atom. The molecule has 23 heavy (non-hydrogen) atoms. The molecular weight excluding hydrogens is 322 g/mol. The number of rotatable bonds is 5. The first-order chi connectivity index (χ1) is 10.7. The molecule has 2 atom stereocenters. The Morgan fingerprint density at radius 1 is 1.30 bits per heavy atom. The molecule has 1 heterocycles. The van der Waals surface area contributed by atoms with E-state index in [4.69, 9.17) is 11.6 Å². The maximum atomic E-state index is 13.3. The zero-order valence-electron chi connectivity index (χ0n) is 14.9. The lowest BCUT2D eigenvalue weighted by atomic mass is 9.53. The van der Waals surface area contributed by atoms with Crippen LogP contribution in [0.3, 0.4) is 0 Å². The number of β-lactam (4-membered cyclic amide) rings is 1. The number of hydrogen-bond donors (Lipinski definition) is 0. The van der Waals surface area contributed by atoms with Gasteiger partial charge in [0.2, 0.25) is 5.91 Å². The van der Waals surface area contributed by atoms with E-state index in [0.717, 1.165) is 5.57 Å². The van der Waals surface area contributed by atoms with E-state index in [1.807, 2.05) is 6.07 Å². The summed E-state index contributed by atoms with van der Waals surface area (Å²) in [5, 5.41) is 0. The topological polar surface area (TPSA) is 20.3 Å². The zero-order chi connectivity index (χ0) is 17.4. The molecule has 0 radical (unpaired) electrons. The maximum Gasteiger partial charge on any atom is 0.224 e. The van der Waals surface area contributed by atoms with Crippen LogP contribution in [-0.2, 0) is 4.79 Å². The normalized spacial score (nSPS) is 24.7. The molecule has 1 aromatic carbocycles. The molecule has 0 N–H and O–H groups in total. The highest BCUT2D eigenvalue weighted by molar-refractivity contribution is 6.57. The molecule has 2 rings (SSSR count). The van der Waals surface area contributed by atoms with Crippen LogP contribution >= 0.6 is 11.6 Å². The highest BCUT2D eigenvalue weighted by atomic mass is 35.5. The van der Waals surface area contributed by atoms with E-state index in [2.05, 4.69) is 69.3 Å². The molecule has 126 valence electrons. The standard InChI is InChI=1S/C19H28ClNOSi/c1-14(13-20)12-19(18(2,3)4)16(15-10-8-7-9-11-15)21(17(19)22)23(5)6/h7-11,16,23H,1,12-13H2,2-6H3. The van der Waals surface area contributed by atoms with Crippen molar-refractivity contribution in [3.8, 4) is 0 Å². The molecule has 4 heteroatoms. The SMILES string of the molecule is C=C(CCl)CC1(C(C)(C)C)C(=O)N([SiH](C)C)C1c1ccccc1. The smallest absolute Gasteiger partial charge is 0.224 e. The third kappa shape index (κ3) is 2.89. The minimum Gasteiger partial charge on any atom is -0.364 e. The summed E-state index contributed by atoms with van der Waals surface area (Å²) in [7, 11) is -1.25. The minimum atomic E-state index is -1.25. The molecule has 1 aromatic rings. The van der Waals surface area contributed by atoms with E-state index >= 15 is 0 Å². The van der Waals surface area contributed by atoms with Gasteiger partial charge in [0.25, 0.3) is 0 Å². The quantitative estimate of drug-likeness (QED) is 0.324. The first-order valence-corrected chi connectivity index (χ1v) is 11.6. The van der Waals surface area contributed by atoms with Crippen LogP contribution in [0.1, 0.15) is 38.8 Å². The number of hydrogen-bond acceptors (Lipinski definition) is 1. The van der Waals surface area contributed by atoms with Crippen LogP contribution in [-0.4, -0.2) is 25.3 Å². The summed E-state index contributed by atoms with van der Waals surface area (Å²) in [6.07, 6.45) is 0.663. The van der Waals surface area contributed by atoms with E-state index in [-0.39, 0.29) is 17.4 Å². The second kappa shape index (κ2) is 6.44. The van der Waals surface area contributed by atoms with Gasteiger partial charge in [0.05, 0.1) is 11.5 Å². The first kappa shape index (κ1) is 18.3. The van der Waals surface area contributed by atoms with Crippen molar-refractivity contribution in [1.29, 1.82) is 0 Å². The summed E-state index contributed by atoms with van der Waals surface area (Å²) >= 11 is 6.01. The van der Waals surface area contributed by atoms with Crippen molar-refractivity contribution in [3.63, 3.8) is 0 Å². The monoisotopic (exact) mass is 349 g/mol. The molecule has 0 aliphatic carbocycles. The van der Waals surface area contributed by atoms with Gasteiger partial charge in [0, 0.05) is 5.88 Å². The van der Waals surface area contributed by atoms with Crippen LogP contribution < -0.4 is 0 Å². The lowest BCUT2D eigenvalue weighted by Crippen LogP contribution is -2.70. The number of nitrogens with zero attached hydrogens (tertiary/aromatic N) is 1. The lowest BCUT2D eigenvalue weighted by molar-refractivity contribution is -0.177. The van der Waals surface area contributed by atoms with Crippen LogP contribution in [0.2, 0.25) is 13.1 Å². The molecule has 0 bridgehead atoms. The number of halogens is 1. The summed E-state index contributed by atoms with van der Waals surface area (Å²) in [5.41, 5.74) is 1.57. The summed E-state index contributed by atoms with van der Waals surface area (Å²) in [6.45, 7) is 15.0. The molecule has 1 aliphatic rings. The Bertz CT molecular complexity index is 593. The molecule has 0 aromatic heterocycles. The van der Waals surface area contributed by atoms with Gasteiger partial charge < -0.3 is 4.57 Å². The van der Waals surface area contributed by atoms with E-state index in [1.54, 1.807) is 0 Å². The van der Waals surface area contributed by atoms with Gasteiger partial charge in [0.15, 0.2) is 0 Å². The van der Waals surface area contributed by atoms with Crippen LogP contribution in [0.15, 0.2) is 42.5 Å². The largest absolute Gasteiger partial charge is 0.364 e. The van der Waals surface area contributed by atoms with Gasteiger partial charge >= 0.3 is 0 Å². The second-order valence-electron chi connectivity index (χ2n) is 7.90. The van der Waals surface area contributed by atoms with Gasteiger partial charge in [-0.05, 0) is 17.4 Å². The second-order valence-corrected chi connectivity index (χ2v) is 10.9. The number of amides is 1. The fourth-order valence-electron chi connectivity index (χ4n) is 3.86. The molecule has 1 saturated heterocycles. The number of alkyl halides is 1. The highest BCUT2D eigenvalue weighted by Crippen LogP contribution is 2.62. The molecule has 2 unspecified atom stereocenters. The Balaban J connectivity index is 2.58. The Hall–Kier alpha value is -1.06. The van der Waals surface area contributed by atoms with Gasteiger partial charge in [-0.2, -0.15) is 0 Å². The van der Waals surface area contributed by atoms with Crippen LogP contribution in [0.5, 0.6) is 0 Å². The van der Waals surface area contributed by atoms with Crippen molar-refractivity contribution in [2.24, 2.45) is 10.8 Å². The summed E-state index contributed by atoms with van der Waals surface area (Å²) in [6, 6.07) is 10.6. The first-order valence-electron chi connectivity index (χ1n) is 8.27.